The first-order valence-corrected chi connectivity index (χ1v) is 9.09. The van der Waals surface area contributed by atoms with Gasteiger partial charge in [-0.2, -0.15) is 4.98 Å². The number of fused-ring (bicyclic) bond motifs is 1. The van der Waals surface area contributed by atoms with Gasteiger partial charge in [-0.3, -0.25) is 4.79 Å². The van der Waals surface area contributed by atoms with Gasteiger partial charge in [-0.1, -0.05) is 31.2 Å². The van der Waals surface area contributed by atoms with Crippen molar-refractivity contribution in [2.45, 2.75) is 33.7 Å². The Bertz CT molecular complexity index is 933. The number of hydrogen-bond acceptors (Lipinski definition) is 5. The summed E-state index contributed by atoms with van der Waals surface area (Å²) in [4.78, 5) is 23.5. The number of hydrogen-bond donors (Lipinski definition) is 0. The second-order valence-corrected chi connectivity index (χ2v) is 6.58. The quantitative estimate of drug-likeness (QED) is 0.642. The fourth-order valence-corrected chi connectivity index (χ4v) is 2.95. The van der Waals surface area contributed by atoms with Crippen LogP contribution in [-0.2, 0) is 17.7 Å². The van der Waals surface area contributed by atoms with E-state index in [4.69, 9.17) is 4.74 Å². The lowest BCUT2D eigenvalue weighted by molar-refractivity contribution is 0.0668. The van der Waals surface area contributed by atoms with Crippen molar-refractivity contribution in [3.63, 3.8) is 0 Å². The maximum absolute atomic E-state index is 13.0. The standard InChI is InChI=1S/C20H25N5O2/c1-5-16-6-8-17(9-7-16)13-24(10-11-27-4)19(26)18-22-20-21-14(2)12-15(3)25(20)23-18/h6-9,12H,5,10-11,13H2,1-4H3. The number of benzene rings is 1. The second-order valence-electron chi connectivity index (χ2n) is 6.58. The molecular weight excluding hydrogens is 342 g/mol. The molecular formula is C20H25N5O2. The predicted molar refractivity (Wildman–Crippen MR) is 103 cm³/mol. The van der Waals surface area contributed by atoms with E-state index in [1.54, 1.807) is 16.5 Å². The number of carbonyl (C=O) groups excluding carboxylic acids is 1. The van der Waals surface area contributed by atoms with E-state index in [1.807, 2.05) is 19.9 Å². The smallest absolute Gasteiger partial charge is 0.293 e. The topological polar surface area (TPSA) is 72.6 Å². The van der Waals surface area contributed by atoms with Crippen LogP contribution in [0.3, 0.4) is 0 Å². The molecule has 3 rings (SSSR count). The molecule has 0 radical (unpaired) electrons. The summed E-state index contributed by atoms with van der Waals surface area (Å²) in [7, 11) is 1.62. The molecule has 0 N–H and O–H groups in total. The largest absolute Gasteiger partial charge is 0.383 e. The molecule has 0 atom stereocenters. The maximum atomic E-state index is 13.0. The third-order valence-electron chi connectivity index (χ3n) is 4.47. The van der Waals surface area contributed by atoms with Crippen LogP contribution in [0.4, 0.5) is 0 Å². The molecule has 142 valence electrons. The summed E-state index contributed by atoms with van der Waals surface area (Å²) in [6, 6.07) is 10.2. The molecule has 1 aromatic carbocycles. The molecule has 0 aliphatic rings. The highest BCUT2D eigenvalue weighted by Gasteiger charge is 2.22. The van der Waals surface area contributed by atoms with E-state index in [0.29, 0.717) is 25.5 Å². The van der Waals surface area contributed by atoms with Crippen molar-refractivity contribution in [1.29, 1.82) is 0 Å². The minimum atomic E-state index is -0.228. The average Bonchev–Trinajstić information content (AvgIpc) is 3.09. The molecule has 0 saturated carbocycles. The third kappa shape index (κ3) is 4.31. The Balaban J connectivity index is 1.87. The van der Waals surface area contributed by atoms with Gasteiger partial charge >= 0.3 is 0 Å². The van der Waals surface area contributed by atoms with Gasteiger partial charge in [0.1, 0.15) is 0 Å². The van der Waals surface area contributed by atoms with Crippen molar-refractivity contribution >= 4 is 11.7 Å². The van der Waals surface area contributed by atoms with Crippen molar-refractivity contribution < 1.29 is 9.53 Å². The minimum absolute atomic E-state index is 0.150. The average molecular weight is 367 g/mol. The van der Waals surface area contributed by atoms with Crippen LogP contribution in [0.25, 0.3) is 5.78 Å². The molecule has 27 heavy (non-hydrogen) atoms. The molecule has 0 bridgehead atoms. The summed E-state index contributed by atoms with van der Waals surface area (Å²) < 4.78 is 6.78. The van der Waals surface area contributed by atoms with Crippen molar-refractivity contribution in [1.82, 2.24) is 24.5 Å². The summed E-state index contributed by atoms with van der Waals surface area (Å²) in [5.41, 5.74) is 4.07. The zero-order valence-electron chi connectivity index (χ0n) is 16.3. The predicted octanol–water partition coefficient (Wildman–Crippen LogP) is 2.59. The first-order valence-electron chi connectivity index (χ1n) is 9.09. The van der Waals surface area contributed by atoms with E-state index in [0.717, 1.165) is 23.4 Å². The van der Waals surface area contributed by atoms with Crippen LogP contribution in [0.15, 0.2) is 30.3 Å². The molecule has 0 saturated heterocycles. The molecule has 2 aromatic heterocycles. The van der Waals surface area contributed by atoms with Crippen LogP contribution in [0, 0.1) is 13.8 Å². The number of aryl methyl sites for hydroxylation is 3. The summed E-state index contributed by atoms with van der Waals surface area (Å²) in [5, 5.41) is 4.36. The van der Waals surface area contributed by atoms with Gasteiger partial charge in [-0.05, 0) is 37.5 Å². The van der Waals surface area contributed by atoms with E-state index in [-0.39, 0.29) is 11.7 Å². The van der Waals surface area contributed by atoms with Gasteiger partial charge < -0.3 is 9.64 Å². The lowest BCUT2D eigenvalue weighted by Crippen LogP contribution is -2.34. The van der Waals surface area contributed by atoms with Gasteiger partial charge in [0.2, 0.25) is 5.82 Å². The van der Waals surface area contributed by atoms with E-state index in [2.05, 4.69) is 46.3 Å². The van der Waals surface area contributed by atoms with Gasteiger partial charge in [0.05, 0.1) is 6.61 Å². The molecule has 0 unspecified atom stereocenters. The molecule has 7 heteroatoms. The molecule has 7 nitrogen and oxygen atoms in total. The number of methoxy groups -OCH3 is 1. The SMILES string of the molecule is CCc1ccc(CN(CCOC)C(=O)c2nc3nc(C)cc(C)n3n2)cc1. The zero-order valence-corrected chi connectivity index (χ0v) is 16.3. The number of amides is 1. The van der Waals surface area contributed by atoms with Gasteiger partial charge in [0.25, 0.3) is 11.7 Å². The summed E-state index contributed by atoms with van der Waals surface area (Å²) in [6.07, 6.45) is 0.990. The van der Waals surface area contributed by atoms with Crippen molar-refractivity contribution in [2.75, 3.05) is 20.3 Å². The number of aromatic nitrogens is 4. The zero-order chi connectivity index (χ0) is 19.4. The summed E-state index contributed by atoms with van der Waals surface area (Å²) >= 11 is 0. The van der Waals surface area contributed by atoms with Crippen LogP contribution >= 0.6 is 0 Å². The van der Waals surface area contributed by atoms with Crippen LogP contribution < -0.4 is 0 Å². The van der Waals surface area contributed by atoms with Gasteiger partial charge in [0, 0.05) is 31.6 Å². The number of ether oxygens (including phenoxy) is 1. The number of carbonyl (C=O) groups is 1. The van der Waals surface area contributed by atoms with Crippen LogP contribution in [0.2, 0.25) is 0 Å². The highest BCUT2D eigenvalue weighted by atomic mass is 16.5. The van der Waals surface area contributed by atoms with Crippen molar-refractivity contribution in [3.8, 4) is 0 Å². The van der Waals surface area contributed by atoms with Crippen LogP contribution in [-0.4, -0.2) is 50.7 Å². The van der Waals surface area contributed by atoms with E-state index in [1.165, 1.54) is 5.56 Å². The first-order chi connectivity index (χ1) is 13.0. The molecule has 0 aliphatic carbocycles. The third-order valence-corrected chi connectivity index (χ3v) is 4.47. The lowest BCUT2D eigenvalue weighted by Gasteiger charge is -2.21. The van der Waals surface area contributed by atoms with Gasteiger partial charge in [-0.25, -0.2) is 9.50 Å². The highest BCUT2D eigenvalue weighted by Crippen LogP contribution is 2.12. The Morgan fingerprint density at radius 1 is 1.15 bits per heavy atom. The van der Waals surface area contributed by atoms with Gasteiger partial charge in [0.15, 0.2) is 0 Å². The van der Waals surface area contributed by atoms with Crippen molar-refractivity contribution in [2.24, 2.45) is 0 Å². The van der Waals surface area contributed by atoms with Crippen LogP contribution in [0.5, 0.6) is 0 Å². The molecule has 0 spiro atoms. The fourth-order valence-electron chi connectivity index (χ4n) is 2.95. The van der Waals surface area contributed by atoms with Gasteiger partial charge in [-0.15, -0.1) is 5.10 Å². The number of rotatable bonds is 7. The Labute approximate surface area is 159 Å². The maximum Gasteiger partial charge on any atom is 0.293 e. The van der Waals surface area contributed by atoms with E-state index >= 15 is 0 Å². The van der Waals surface area contributed by atoms with Crippen LogP contribution in [0.1, 0.15) is 40.1 Å². The first kappa shape index (κ1) is 19.0. The molecule has 2 heterocycles. The van der Waals surface area contributed by atoms with E-state index < -0.39 is 0 Å². The molecule has 3 aromatic rings. The molecule has 0 fully saturated rings. The second kappa shape index (κ2) is 8.26. The monoisotopic (exact) mass is 367 g/mol. The van der Waals surface area contributed by atoms with E-state index in [9.17, 15) is 4.79 Å². The summed E-state index contributed by atoms with van der Waals surface area (Å²) in [6.45, 7) is 7.33. The highest BCUT2D eigenvalue weighted by molar-refractivity contribution is 5.90. The lowest BCUT2D eigenvalue weighted by atomic mass is 10.1. The Morgan fingerprint density at radius 3 is 2.52 bits per heavy atom. The summed E-state index contributed by atoms with van der Waals surface area (Å²) in [5.74, 6) is 0.362. The Hall–Kier alpha value is -2.80. The molecule has 1 amide bonds. The Morgan fingerprint density at radius 2 is 1.85 bits per heavy atom. The minimum Gasteiger partial charge on any atom is -0.383 e. The Kier molecular flexibility index (Phi) is 5.81. The normalized spacial score (nSPS) is 11.1. The fraction of sp³-hybridized carbons (Fsp3) is 0.400. The number of nitrogens with zero attached hydrogens (tertiary/aromatic N) is 5. The molecule has 0 aliphatic heterocycles. The van der Waals surface area contributed by atoms with Crippen molar-refractivity contribution in [3.05, 3.63) is 58.7 Å².